The number of aromatic nitrogens is 6. The van der Waals surface area contributed by atoms with Gasteiger partial charge in [-0.2, -0.15) is 5.10 Å². The van der Waals surface area contributed by atoms with Gasteiger partial charge < -0.3 is 20.5 Å². The second kappa shape index (κ2) is 10.9. The number of carbonyl (C=O) groups excluding carboxylic acids is 1. The van der Waals surface area contributed by atoms with Gasteiger partial charge in [-0.05, 0) is 68.9 Å². The Balaban J connectivity index is 1.23. The molecule has 11 heteroatoms. The molecule has 5 aromatic heterocycles. The van der Waals surface area contributed by atoms with Crippen molar-refractivity contribution in [2.24, 2.45) is 5.92 Å². The molecule has 0 radical (unpaired) electrons. The zero-order chi connectivity index (χ0) is 29.5. The van der Waals surface area contributed by atoms with E-state index < -0.39 is 0 Å². The molecule has 1 saturated carbocycles. The maximum absolute atomic E-state index is 14.7. The van der Waals surface area contributed by atoms with Gasteiger partial charge in [-0.3, -0.25) is 24.8 Å². The van der Waals surface area contributed by atoms with Crippen molar-refractivity contribution >= 4 is 39.1 Å². The molecule has 1 fully saturated rings. The van der Waals surface area contributed by atoms with Crippen LogP contribution in [-0.2, 0) is 4.79 Å². The average Bonchev–Trinajstić information content (AvgIpc) is 3.62. The SMILES string of the molecule is CN(C)CCNc1cc(F)cc(-c2cncc3[nH]c(-c4n[nH]c5cnc(-c6cncc(NC(=O)C7CC7)c6)cc45)cc23)c1. The maximum Gasteiger partial charge on any atom is 0.227 e. The van der Waals surface area contributed by atoms with E-state index in [0.29, 0.717) is 23.6 Å². The van der Waals surface area contributed by atoms with Gasteiger partial charge >= 0.3 is 0 Å². The van der Waals surface area contributed by atoms with Crippen molar-refractivity contribution < 1.29 is 9.18 Å². The number of hydrogen-bond donors (Lipinski definition) is 4. The van der Waals surface area contributed by atoms with Crippen LogP contribution < -0.4 is 10.6 Å². The summed E-state index contributed by atoms with van der Waals surface area (Å²) in [5, 5.41) is 15.7. The lowest BCUT2D eigenvalue weighted by Gasteiger charge is -2.13. The molecule has 1 aliphatic carbocycles. The van der Waals surface area contributed by atoms with E-state index in [4.69, 9.17) is 0 Å². The van der Waals surface area contributed by atoms with E-state index in [9.17, 15) is 9.18 Å². The number of halogens is 1. The van der Waals surface area contributed by atoms with Crippen LogP contribution >= 0.6 is 0 Å². The predicted octanol–water partition coefficient (Wildman–Crippen LogP) is 5.69. The van der Waals surface area contributed by atoms with E-state index in [0.717, 1.165) is 69.3 Å². The second-order valence-corrected chi connectivity index (χ2v) is 11.2. The van der Waals surface area contributed by atoms with Crippen molar-refractivity contribution in [1.82, 2.24) is 35.0 Å². The molecule has 10 nitrogen and oxygen atoms in total. The Labute approximate surface area is 246 Å². The molecule has 4 N–H and O–H groups in total. The van der Waals surface area contributed by atoms with Gasteiger partial charge in [-0.15, -0.1) is 0 Å². The molecule has 5 heterocycles. The van der Waals surface area contributed by atoms with Gasteiger partial charge in [0.1, 0.15) is 11.5 Å². The minimum Gasteiger partial charge on any atom is -0.384 e. The first-order chi connectivity index (χ1) is 20.9. The van der Waals surface area contributed by atoms with Crippen LogP contribution in [0.3, 0.4) is 0 Å². The third-order valence-electron chi connectivity index (χ3n) is 7.59. The van der Waals surface area contributed by atoms with Crippen molar-refractivity contribution in [3.05, 3.63) is 73.2 Å². The van der Waals surface area contributed by atoms with E-state index in [1.807, 2.05) is 38.4 Å². The van der Waals surface area contributed by atoms with Gasteiger partial charge in [-0.1, -0.05) is 0 Å². The molecule has 0 unspecified atom stereocenters. The first-order valence-electron chi connectivity index (χ1n) is 14.2. The summed E-state index contributed by atoms with van der Waals surface area (Å²) >= 11 is 0. The molecule has 1 amide bonds. The fraction of sp³-hybridized carbons (Fsp3) is 0.219. The standard InChI is InChI=1S/C32H30FN9O/c1-42(2)6-5-36-22-8-19(7-21(33)10-22)26-15-35-16-29-24(26)11-28(39-29)31-25-12-27(37-17-30(25)40-41-31)20-9-23(14-34-13-20)38-32(43)18-3-4-18/h7-18,36,39H,3-6H2,1-2H3,(H,38,43)(H,40,41). The lowest BCUT2D eigenvalue weighted by Crippen LogP contribution is -2.20. The Bertz CT molecular complexity index is 1980. The summed E-state index contributed by atoms with van der Waals surface area (Å²) < 4.78 is 14.7. The Hall–Kier alpha value is -5.16. The summed E-state index contributed by atoms with van der Waals surface area (Å²) in [6.07, 6.45) is 10.5. The second-order valence-electron chi connectivity index (χ2n) is 11.2. The van der Waals surface area contributed by atoms with Crippen LogP contribution in [0.25, 0.3) is 55.6 Å². The normalized spacial score (nSPS) is 13.2. The van der Waals surface area contributed by atoms with Crippen LogP contribution in [0.15, 0.2) is 67.4 Å². The topological polar surface area (TPSA) is 128 Å². The van der Waals surface area contributed by atoms with Crippen molar-refractivity contribution in [2.45, 2.75) is 12.8 Å². The van der Waals surface area contributed by atoms with E-state index in [2.05, 4.69) is 45.7 Å². The lowest BCUT2D eigenvalue weighted by atomic mass is 10.0. The summed E-state index contributed by atoms with van der Waals surface area (Å²) in [5.41, 5.74) is 7.50. The average molecular weight is 576 g/mol. The minimum atomic E-state index is -0.318. The number of likely N-dealkylation sites (N-methyl/N-ethyl adjacent to an activating group) is 1. The highest BCUT2D eigenvalue weighted by Crippen LogP contribution is 2.36. The van der Waals surface area contributed by atoms with E-state index in [1.54, 1.807) is 31.0 Å². The number of amides is 1. The van der Waals surface area contributed by atoms with Crippen LogP contribution in [0.1, 0.15) is 12.8 Å². The quantitative estimate of drug-likeness (QED) is 0.174. The molecule has 0 aliphatic heterocycles. The number of anilines is 2. The smallest absolute Gasteiger partial charge is 0.227 e. The van der Waals surface area contributed by atoms with Gasteiger partial charge in [-0.25, -0.2) is 4.39 Å². The Kier molecular flexibility index (Phi) is 6.78. The van der Waals surface area contributed by atoms with Gasteiger partial charge in [0.2, 0.25) is 5.91 Å². The minimum absolute atomic E-state index is 0.0298. The number of nitrogens with one attached hydrogen (secondary N) is 4. The Morgan fingerprint density at radius 2 is 1.77 bits per heavy atom. The summed E-state index contributed by atoms with van der Waals surface area (Å²) in [7, 11) is 4.00. The fourth-order valence-corrected chi connectivity index (χ4v) is 5.20. The number of fused-ring (bicyclic) bond motifs is 2. The van der Waals surface area contributed by atoms with Crippen molar-refractivity contribution in [1.29, 1.82) is 0 Å². The van der Waals surface area contributed by atoms with E-state index in [-0.39, 0.29) is 17.6 Å². The van der Waals surface area contributed by atoms with E-state index in [1.165, 1.54) is 12.1 Å². The summed E-state index contributed by atoms with van der Waals surface area (Å²) in [6, 6.07) is 10.8. The first kappa shape index (κ1) is 26.7. The van der Waals surface area contributed by atoms with Crippen molar-refractivity contribution in [2.75, 3.05) is 37.8 Å². The van der Waals surface area contributed by atoms with Gasteiger partial charge in [0.25, 0.3) is 0 Å². The van der Waals surface area contributed by atoms with Crippen LogP contribution in [0, 0.1) is 11.7 Å². The first-order valence-corrected chi connectivity index (χ1v) is 14.2. The number of carbonyl (C=O) groups is 1. The van der Waals surface area contributed by atoms with Crippen LogP contribution in [0.2, 0.25) is 0 Å². The molecule has 0 saturated heterocycles. The number of hydrogen-bond acceptors (Lipinski definition) is 7. The number of H-pyrrole nitrogens is 2. The van der Waals surface area contributed by atoms with Gasteiger partial charge in [0.05, 0.1) is 46.7 Å². The van der Waals surface area contributed by atoms with Crippen LogP contribution in [-0.4, -0.2) is 68.1 Å². The summed E-state index contributed by atoms with van der Waals surface area (Å²) in [5.74, 6) is -0.185. The Morgan fingerprint density at radius 1 is 0.930 bits per heavy atom. The highest BCUT2D eigenvalue weighted by molar-refractivity contribution is 6.01. The molecular weight excluding hydrogens is 545 g/mol. The molecule has 6 aromatic rings. The highest BCUT2D eigenvalue weighted by atomic mass is 19.1. The third-order valence-corrected chi connectivity index (χ3v) is 7.59. The molecular formula is C32H30FN9O. The molecule has 216 valence electrons. The highest BCUT2D eigenvalue weighted by Gasteiger charge is 2.29. The van der Waals surface area contributed by atoms with Crippen molar-refractivity contribution in [3.8, 4) is 33.8 Å². The molecule has 0 atom stereocenters. The summed E-state index contributed by atoms with van der Waals surface area (Å²) in [6.45, 7) is 1.53. The molecule has 43 heavy (non-hydrogen) atoms. The van der Waals surface area contributed by atoms with Gasteiger partial charge in [0.15, 0.2) is 0 Å². The molecule has 0 bridgehead atoms. The number of benzene rings is 1. The number of aromatic amines is 2. The van der Waals surface area contributed by atoms with Crippen molar-refractivity contribution in [3.63, 3.8) is 0 Å². The maximum atomic E-state index is 14.7. The van der Waals surface area contributed by atoms with E-state index >= 15 is 0 Å². The zero-order valence-electron chi connectivity index (χ0n) is 23.8. The number of pyridine rings is 3. The molecule has 1 aliphatic rings. The number of rotatable bonds is 9. The lowest BCUT2D eigenvalue weighted by molar-refractivity contribution is -0.117. The third kappa shape index (κ3) is 5.54. The fourth-order valence-electron chi connectivity index (χ4n) is 5.20. The van der Waals surface area contributed by atoms with Gasteiger partial charge in [0, 0.05) is 59.0 Å². The Morgan fingerprint density at radius 3 is 2.60 bits per heavy atom. The molecule has 1 aromatic carbocycles. The number of nitrogens with zero attached hydrogens (tertiary/aromatic N) is 5. The summed E-state index contributed by atoms with van der Waals surface area (Å²) in [4.78, 5) is 31.1. The van der Waals surface area contributed by atoms with Crippen LogP contribution in [0.5, 0.6) is 0 Å². The zero-order valence-corrected chi connectivity index (χ0v) is 23.8. The molecule has 0 spiro atoms. The predicted molar refractivity (Wildman–Crippen MR) is 166 cm³/mol. The monoisotopic (exact) mass is 575 g/mol. The molecule has 7 rings (SSSR count). The van der Waals surface area contributed by atoms with Crippen LogP contribution in [0.4, 0.5) is 15.8 Å². The largest absolute Gasteiger partial charge is 0.384 e.